The first kappa shape index (κ1) is 21.3. The van der Waals surface area contributed by atoms with E-state index < -0.39 is 11.7 Å². The number of rotatable bonds is 4. The van der Waals surface area contributed by atoms with Crippen molar-refractivity contribution in [2.75, 3.05) is 32.7 Å². The Kier molecular flexibility index (Phi) is 7.33. The first-order valence-corrected chi connectivity index (χ1v) is 9.89. The Morgan fingerprint density at radius 3 is 2.07 bits per heavy atom. The van der Waals surface area contributed by atoms with Crippen LogP contribution in [0.15, 0.2) is 0 Å². The van der Waals surface area contributed by atoms with Crippen LogP contribution in [-0.2, 0) is 9.53 Å². The van der Waals surface area contributed by atoms with Crippen molar-refractivity contribution in [3.8, 4) is 0 Å². The number of piperidine rings is 2. The van der Waals surface area contributed by atoms with Gasteiger partial charge in [0.2, 0.25) is 5.91 Å². The van der Waals surface area contributed by atoms with Gasteiger partial charge in [-0.25, -0.2) is 9.59 Å². The van der Waals surface area contributed by atoms with Gasteiger partial charge in [0.1, 0.15) is 5.60 Å². The van der Waals surface area contributed by atoms with Crippen LogP contribution in [0.25, 0.3) is 0 Å². The van der Waals surface area contributed by atoms with Gasteiger partial charge in [0.25, 0.3) is 0 Å². The van der Waals surface area contributed by atoms with Gasteiger partial charge in [-0.05, 0) is 58.8 Å². The monoisotopic (exact) mass is 383 g/mol. The van der Waals surface area contributed by atoms with Crippen LogP contribution >= 0.6 is 0 Å². The average molecular weight is 383 g/mol. The molecule has 0 spiro atoms. The number of likely N-dealkylation sites (tertiary alicyclic amines) is 2. The molecule has 154 valence electrons. The molecule has 2 aliphatic rings. The second-order valence-corrected chi connectivity index (χ2v) is 8.53. The van der Waals surface area contributed by atoms with Crippen LogP contribution in [-0.4, -0.2) is 71.3 Å². The third-order valence-electron chi connectivity index (χ3n) is 5.25. The topological polar surface area (TPSA) is 99.2 Å². The summed E-state index contributed by atoms with van der Waals surface area (Å²) in [6.07, 6.45) is 2.77. The average Bonchev–Trinajstić information content (AvgIpc) is 2.60. The fourth-order valence-corrected chi connectivity index (χ4v) is 3.61. The molecular formula is C19H33N3O5. The fourth-order valence-electron chi connectivity index (χ4n) is 3.61. The minimum absolute atomic E-state index is 0.0335. The highest BCUT2D eigenvalue weighted by molar-refractivity contribution is 5.79. The van der Waals surface area contributed by atoms with Crippen LogP contribution < -0.4 is 5.32 Å². The van der Waals surface area contributed by atoms with E-state index in [2.05, 4.69) is 5.32 Å². The summed E-state index contributed by atoms with van der Waals surface area (Å²) in [7, 11) is 0. The van der Waals surface area contributed by atoms with Crippen molar-refractivity contribution in [1.82, 2.24) is 15.1 Å². The second kappa shape index (κ2) is 9.28. The molecular weight excluding hydrogens is 350 g/mol. The normalized spacial score (nSPS) is 19.7. The van der Waals surface area contributed by atoms with Crippen molar-refractivity contribution in [1.29, 1.82) is 0 Å². The maximum atomic E-state index is 12.2. The molecule has 3 amide bonds. The molecule has 2 N–H and O–H groups in total. The third kappa shape index (κ3) is 6.92. The summed E-state index contributed by atoms with van der Waals surface area (Å²) in [5.41, 5.74) is -0.473. The molecule has 2 rings (SSSR count). The molecule has 0 aromatic heterocycles. The van der Waals surface area contributed by atoms with Gasteiger partial charge in [-0.1, -0.05) is 0 Å². The maximum absolute atomic E-state index is 12.2. The van der Waals surface area contributed by atoms with Crippen molar-refractivity contribution >= 4 is 18.1 Å². The molecule has 8 nitrogen and oxygen atoms in total. The van der Waals surface area contributed by atoms with Gasteiger partial charge in [0, 0.05) is 38.6 Å². The van der Waals surface area contributed by atoms with Crippen LogP contribution in [0.4, 0.5) is 9.59 Å². The van der Waals surface area contributed by atoms with Gasteiger partial charge < -0.3 is 25.0 Å². The van der Waals surface area contributed by atoms with E-state index in [0.717, 1.165) is 19.3 Å². The number of hydrogen-bond acceptors (Lipinski definition) is 4. The summed E-state index contributed by atoms with van der Waals surface area (Å²) in [5.74, 6) is 0.443. The molecule has 0 radical (unpaired) electrons. The van der Waals surface area contributed by atoms with Crippen LogP contribution in [0.1, 0.15) is 52.9 Å². The van der Waals surface area contributed by atoms with Crippen molar-refractivity contribution in [3.63, 3.8) is 0 Å². The van der Waals surface area contributed by atoms with Crippen molar-refractivity contribution < 1.29 is 24.2 Å². The van der Waals surface area contributed by atoms with Crippen LogP contribution in [0.3, 0.4) is 0 Å². The quantitative estimate of drug-likeness (QED) is 0.777. The first-order chi connectivity index (χ1) is 12.7. The number of carbonyl (C=O) groups excluding carboxylic acids is 2. The van der Waals surface area contributed by atoms with Crippen LogP contribution in [0.2, 0.25) is 0 Å². The van der Waals surface area contributed by atoms with Gasteiger partial charge >= 0.3 is 12.2 Å². The fraction of sp³-hybridized carbons (Fsp3) is 0.842. The van der Waals surface area contributed by atoms with E-state index in [1.54, 1.807) is 4.90 Å². The number of nitrogens with one attached hydrogen (secondary N) is 1. The largest absolute Gasteiger partial charge is 0.465 e. The molecule has 0 aromatic carbocycles. The predicted octanol–water partition coefficient (Wildman–Crippen LogP) is 2.53. The zero-order valence-corrected chi connectivity index (χ0v) is 16.7. The Hall–Kier alpha value is -1.99. The molecule has 0 aromatic rings. The van der Waals surface area contributed by atoms with E-state index in [0.29, 0.717) is 51.5 Å². The number of carboxylic acid groups (broad SMARTS) is 1. The molecule has 2 saturated heterocycles. The van der Waals surface area contributed by atoms with E-state index in [-0.39, 0.29) is 17.9 Å². The van der Waals surface area contributed by atoms with Crippen molar-refractivity contribution in [3.05, 3.63) is 0 Å². The lowest BCUT2D eigenvalue weighted by Crippen LogP contribution is -2.43. The smallest absolute Gasteiger partial charge is 0.410 e. The van der Waals surface area contributed by atoms with E-state index in [4.69, 9.17) is 9.84 Å². The highest BCUT2D eigenvalue weighted by Crippen LogP contribution is 2.22. The minimum Gasteiger partial charge on any atom is -0.465 e. The third-order valence-corrected chi connectivity index (χ3v) is 5.25. The van der Waals surface area contributed by atoms with E-state index in [9.17, 15) is 14.4 Å². The summed E-state index contributed by atoms with van der Waals surface area (Å²) in [5, 5.41) is 11.9. The highest BCUT2D eigenvalue weighted by Gasteiger charge is 2.28. The molecule has 8 heteroatoms. The SMILES string of the molecule is CC(C)(C)OC(=O)N1CCC(CCNC(=O)C2CCN(C(=O)O)CC2)CC1. The Bertz CT molecular complexity index is 530. The molecule has 2 fully saturated rings. The van der Waals surface area contributed by atoms with Gasteiger partial charge in [-0.2, -0.15) is 0 Å². The highest BCUT2D eigenvalue weighted by atomic mass is 16.6. The molecule has 2 heterocycles. The first-order valence-electron chi connectivity index (χ1n) is 9.89. The molecule has 0 atom stereocenters. The number of ether oxygens (including phenoxy) is 1. The minimum atomic E-state index is -0.911. The summed E-state index contributed by atoms with van der Waals surface area (Å²) in [6, 6.07) is 0. The maximum Gasteiger partial charge on any atom is 0.410 e. The van der Waals surface area contributed by atoms with Crippen LogP contribution in [0, 0.1) is 11.8 Å². The number of nitrogens with zero attached hydrogens (tertiary/aromatic N) is 2. The van der Waals surface area contributed by atoms with Crippen molar-refractivity contribution in [2.45, 2.75) is 58.5 Å². The lowest BCUT2D eigenvalue weighted by Gasteiger charge is -2.33. The number of amides is 3. The van der Waals surface area contributed by atoms with Gasteiger partial charge in [0.15, 0.2) is 0 Å². The molecule has 27 heavy (non-hydrogen) atoms. The number of carbonyl (C=O) groups is 3. The number of hydrogen-bond donors (Lipinski definition) is 2. The predicted molar refractivity (Wildman–Crippen MR) is 100 cm³/mol. The summed E-state index contributed by atoms with van der Waals surface area (Å²) < 4.78 is 5.40. The second-order valence-electron chi connectivity index (χ2n) is 8.53. The lowest BCUT2D eigenvalue weighted by atomic mass is 9.93. The molecule has 0 saturated carbocycles. The Morgan fingerprint density at radius 1 is 1.00 bits per heavy atom. The van der Waals surface area contributed by atoms with Gasteiger partial charge in [-0.3, -0.25) is 4.79 Å². The summed E-state index contributed by atoms with van der Waals surface area (Å²) >= 11 is 0. The van der Waals surface area contributed by atoms with Crippen LogP contribution in [0.5, 0.6) is 0 Å². The molecule has 0 unspecified atom stereocenters. The molecule has 2 aliphatic heterocycles. The Morgan fingerprint density at radius 2 is 1.56 bits per heavy atom. The van der Waals surface area contributed by atoms with E-state index >= 15 is 0 Å². The standard InChI is InChI=1S/C19H33N3O5/c1-19(2,3)27-18(26)22-10-5-14(6-11-22)4-9-20-16(23)15-7-12-21(13-8-15)17(24)25/h14-15H,4-13H2,1-3H3,(H,20,23)(H,24,25). The van der Waals surface area contributed by atoms with Gasteiger partial charge in [-0.15, -0.1) is 0 Å². The lowest BCUT2D eigenvalue weighted by molar-refractivity contribution is -0.126. The van der Waals surface area contributed by atoms with Crippen molar-refractivity contribution in [2.24, 2.45) is 11.8 Å². The zero-order chi connectivity index (χ0) is 20.0. The Balaban J connectivity index is 1.61. The van der Waals surface area contributed by atoms with E-state index in [1.807, 2.05) is 20.8 Å². The summed E-state index contributed by atoms with van der Waals surface area (Å²) in [6.45, 7) is 8.48. The van der Waals surface area contributed by atoms with E-state index in [1.165, 1.54) is 4.90 Å². The zero-order valence-electron chi connectivity index (χ0n) is 16.7. The van der Waals surface area contributed by atoms with Gasteiger partial charge in [0.05, 0.1) is 0 Å². The molecule has 0 bridgehead atoms. The summed E-state index contributed by atoms with van der Waals surface area (Å²) in [4.78, 5) is 38.3. The molecule has 0 aliphatic carbocycles. The Labute approximate surface area is 161 Å².